The highest BCUT2D eigenvalue weighted by molar-refractivity contribution is 14.0. The summed E-state index contributed by atoms with van der Waals surface area (Å²) in [4.78, 5) is 4.58. The molecular formula is C17H28IN3O3. The van der Waals surface area contributed by atoms with Gasteiger partial charge in [-0.15, -0.1) is 24.0 Å². The number of halogens is 1. The lowest BCUT2D eigenvalue weighted by Crippen LogP contribution is -2.34. The van der Waals surface area contributed by atoms with Gasteiger partial charge in [0.05, 0.1) is 25.4 Å². The summed E-state index contributed by atoms with van der Waals surface area (Å²) in [5.74, 6) is 2.27. The first kappa shape index (κ1) is 20.8. The lowest BCUT2D eigenvalue weighted by molar-refractivity contribution is 0.0311. The van der Waals surface area contributed by atoms with Crippen molar-refractivity contribution in [1.29, 1.82) is 0 Å². The first-order chi connectivity index (χ1) is 11.0. The molecule has 2 rings (SSSR count). The van der Waals surface area contributed by atoms with Crippen molar-refractivity contribution in [2.45, 2.75) is 32.8 Å². The van der Waals surface area contributed by atoms with E-state index in [-0.39, 0.29) is 29.6 Å². The molecule has 0 unspecified atom stereocenters. The van der Waals surface area contributed by atoms with E-state index >= 15 is 0 Å². The topological polar surface area (TPSA) is 64.1 Å². The summed E-state index contributed by atoms with van der Waals surface area (Å²) >= 11 is 0. The van der Waals surface area contributed by atoms with Crippen molar-refractivity contribution >= 4 is 35.6 Å². The van der Waals surface area contributed by atoms with Crippen LogP contribution in [0.5, 0.6) is 11.5 Å². The molecular weight excluding hydrogens is 421 g/mol. The number of fused-ring (bicyclic) bond motifs is 1. The van der Waals surface area contributed by atoms with Crippen LogP contribution < -0.4 is 20.1 Å². The Kier molecular flexibility index (Phi) is 8.61. The minimum absolute atomic E-state index is 0. The molecule has 1 aliphatic heterocycles. The molecule has 0 amide bonds. The van der Waals surface area contributed by atoms with Gasteiger partial charge in [0.15, 0.2) is 17.5 Å². The molecule has 24 heavy (non-hydrogen) atoms. The summed E-state index contributed by atoms with van der Waals surface area (Å²) in [7, 11) is 1.69. The molecule has 0 atom stereocenters. The predicted octanol–water partition coefficient (Wildman–Crippen LogP) is 3.27. The van der Waals surface area contributed by atoms with Crippen molar-refractivity contribution in [3.63, 3.8) is 0 Å². The fourth-order valence-electron chi connectivity index (χ4n) is 2.02. The van der Waals surface area contributed by atoms with Crippen LogP contribution in [0, 0.1) is 0 Å². The molecule has 136 valence electrons. The van der Waals surface area contributed by atoms with Gasteiger partial charge >= 0.3 is 0 Å². The molecule has 6 nitrogen and oxygen atoms in total. The molecule has 0 aromatic heterocycles. The zero-order valence-electron chi connectivity index (χ0n) is 14.8. The average molecular weight is 449 g/mol. The SMILES string of the molecule is CCNC(=NCC(C)(C)OC)Nc1ccc2c(c1)OCCCO2.I. The highest BCUT2D eigenvalue weighted by atomic mass is 127. The number of aliphatic imine (C=N–C) groups is 1. The first-order valence-corrected chi connectivity index (χ1v) is 8.04. The number of rotatable bonds is 5. The fraction of sp³-hybridized carbons (Fsp3) is 0.588. The number of hydrogen-bond donors (Lipinski definition) is 2. The number of ether oxygens (including phenoxy) is 3. The largest absolute Gasteiger partial charge is 0.490 e. The van der Waals surface area contributed by atoms with Crippen LogP contribution in [0.1, 0.15) is 27.2 Å². The van der Waals surface area contributed by atoms with Gasteiger partial charge in [0, 0.05) is 31.8 Å². The zero-order valence-corrected chi connectivity index (χ0v) is 17.2. The van der Waals surface area contributed by atoms with Crippen molar-refractivity contribution in [3.05, 3.63) is 18.2 Å². The van der Waals surface area contributed by atoms with Crippen LogP contribution in [0.2, 0.25) is 0 Å². The number of nitrogens with one attached hydrogen (secondary N) is 2. The number of guanidine groups is 1. The maximum Gasteiger partial charge on any atom is 0.195 e. The number of nitrogens with zero attached hydrogens (tertiary/aromatic N) is 1. The molecule has 0 spiro atoms. The van der Waals surface area contributed by atoms with Crippen LogP contribution in [0.15, 0.2) is 23.2 Å². The Hall–Kier alpha value is -1.22. The molecule has 1 aromatic carbocycles. The second kappa shape index (κ2) is 9.93. The Bertz CT molecular complexity index is 550. The molecule has 0 saturated carbocycles. The lowest BCUT2D eigenvalue weighted by atomic mass is 10.1. The number of anilines is 1. The van der Waals surface area contributed by atoms with Crippen LogP contribution in [0.3, 0.4) is 0 Å². The Morgan fingerprint density at radius 3 is 2.62 bits per heavy atom. The van der Waals surface area contributed by atoms with E-state index in [1.807, 2.05) is 39.0 Å². The van der Waals surface area contributed by atoms with Crippen molar-refractivity contribution in [2.75, 3.05) is 38.7 Å². The Labute approximate surface area is 161 Å². The lowest BCUT2D eigenvalue weighted by Gasteiger charge is -2.21. The van der Waals surface area contributed by atoms with Crippen LogP contribution in [0.4, 0.5) is 5.69 Å². The van der Waals surface area contributed by atoms with E-state index in [2.05, 4.69) is 15.6 Å². The maximum atomic E-state index is 5.72. The quantitative estimate of drug-likeness (QED) is 0.411. The molecule has 1 aliphatic rings. The van der Waals surface area contributed by atoms with Gasteiger partial charge in [-0.25, -0.2) is 0 Å². The summed E-state index contributed by atoms with van der Waals surface area (Å²) in [6.45, 7) is 8.75. The molecule has 0 bridgehead atoms. The average Bonchev–Trinajstić information content (AvgIpc) is 2.78. The highest BCUT2D eigenvalue weighted by Crippen LogP contribution is 2.32. The van der Waals surface area contributed by atoms with Gasteiger partial charge in [-0.05, 0) is 32.9 Å². The van der Waals surface area contributed by atoms with Gasteiger partial charge in [0.2, 0.25) is 0 Å². The van der Waals surface area contributed by atoms with Crippen molar-refractivity contribution in [3.8, 4) is 11.5 Å². The van der Waals surface area contributed by atoms with Gasteiger partial charge in [0.1, 0.15) is 0 Å². The summed E-state index contributed by atoms with van der Waals surface area (Å²) in [5.41, 5.74) is 0.608. The second-order valence-corrected chi connectivity index (χ2v) is 6.00. The molecule has 2 N–H and O–H groups in total. The van der Waals surface area contributed by atoms with Crippen molar-refractivity contribution < 1.29 is 14.2 Å². The summed E-state index contributed by atoms with van der Waals surface area (Å²) < 4.78 is 16.8. The van der Waals surface area contributed by atoms with Gasteiger partial charge in [-0.1, -0.05) is 0 Å². The highest BCUT2D eigenvalue weighted by Gasteiger charge is 2.16. The fourth-order valence-corrected chi connectivity index (χ4v) is 2.02. The standard InChI is InChI=1S/C17H27N3O3.HI/c1-5-18-16(19-12-17(2,3)21-4)20-13-7-8-14-15(11-13)23-10-6-9-22-14;/h7-8,11H,5-6,9-10,12H2,1-4H3,(H2,18,19,20);1H. The van der Waals surface area contributed by atoms with E-state index in [1.54, 1.807) is 7.11 Å². The van der Waals surface area contributed by atoms with Gasteiger partial charge in [0.25, 0.3) is 0 Å². The number of hydrogen-bond acceptors (Lipinski definition) is 4. The summed E-state index contributed by atoms with van der Waals surface area (Å²) in [6, 6.07) is 5.82. The summed E-state index contributed by atoms with van der Waals surface area (Å²) in [6.07, 6.45) is 0.896. The minimum atomic E-state index is -0.299. The molecule has 0 fully saturated rings. The third kappa shape index (κ3) is 6.35. The van der Waals surface area contributed by atoms with Crippen LogP contribution in [-0.4, -0.2) is 45.0 Å². The molecule has 1 aromatic rings. The van der Waals surface area contributed by atoms with Crippen LogP contribution in [0.25, 0.3) is 0 Å². The van der Waals surface area contributed by atoms with Gasteiger partial charge in [-0.3, -0.25) is 4.99 Å². The third-order valence-corrected chi connectivity index (χ3v) is 3.53. The Morgan fingerprint density at radius 1 is 1.25 bits per heavy atom. The smallest absolute Gasteiger partial charge is 0.195 e. The Balaban J connectivity index is 0.00000288. The van der Waals surface area contributed by atoms with E-state index in [0.717, 1.165) is 30.2 Å². The first-order valence-electron chi connectivity index (χ1n) is 8.04. The van der Waals surface area contributed by atoms with E-state index in [9.17, 15) is 0 Å². The number of benzene rings is 1. The maximum absolute atomic E-state index is 5.72. The van der Waals surface area contributed by atoms with E-state index in [0.29, 0.717) is 25.7 Å². The molecule has 0 radical (unpaired) electrons. The van der Waals surface area contributed by atoms with Gasteiger partial charge < -0.3 is 24.8 Å². The minimum Gasteiger partial charge on any atom is -0.490 e. The van der Waals surface area contributed by atoms with E-state index in [1.165, 1.54) is 0 Å². The van der Waals surface area contributed by atoms with Crippen LogP contribution in [-0.2, 0) is 4.74 Å². The van der Waals surface area contributed by atoms with Crippen molar-refractivity contribution in [2.24, 2.45) is 4.99 Å². The predicted molar refractivity (Wildman–Crippen MR) is 108 cm³/mol. The normalized spacial score (nSPS) is 14.4. The Morgan fingerprint density at radius 2 is 1.96 bits per heavy atom. The third-order valence-electron chi connectivity index (χ3n) is 3.53. The van der Waals surface area contributed by atoms with Gasteiger partial charge in [-0.2, -0.15) is 0 Å². The summed E-state index contributed by atoms with van der Waals surface area (Å²) in [5, 5.41) is 6.53. The second-order valence-electron chi connectivity index (χ2n) is 6.00. The van der Waals surface area contributed by atoms with Crippen molar-refractivity contribution in [1.82, 2.24) is 5.32 Å². The van der Waals surface area contributed by atoms with Crippen LogP contribution >= 0.6 is 24.0 Å². The molecule has 0 saturated heterocycles. The van der Waals surface area contributed by atoms with E-state index < -0.39 is 0 Å². The molecule has 7 heteroatoms. The molecule has 1 heterocycles. The molecule has 0 aliphatic carbocycles. The van der Waals surface area contributed by atoms with E-state index in [4.69, 9.17) is 14.2 Å². The number of methoxy groups -OCH3 is 1. The zero-order chi connectivity index (χ0) is 16.7. The monoisotopic (exact) mass is 449 g/mol.